The zero-order valence-corrected chi connectivity index (χ0v) is 12.1. The maximum absolute atomic E-state index is 12.3. The van der Waals surface area contributed by atoms with Crippen LogP contribution < -0.4 is 5.76 Å². The highest BCUT2D eigenvalue weighted by Gasteiger charge is 2.12. The fourth-order valence-corrected chi connectivity index (χ4v) is 2.43. The molecule has 3 rings (SSSR count). The molecule has 0 fully saturated rings. The smallest absolute Gasteiger partial charge is 0.408 e. The van der Waals surface area contributed by atoms with E-state index in [-0.39, 0.29) is 12.2 Å². The molecule has 0 amide bonds. The molecule has 0 saturated heterocycles. The van der Waals surface area contributed by atoms with Crippen LogP contribution in [0, 0.1) is 0 Å². The first kappa shape index (κ1) is 13.6. The van der Waals surface area contributed by atoms with Gasteiger partial charge in [-0.1, -0.05) is 29.8 Å². The van der Waals surface area contributed by atoms with Crippen LogP contribution in [0.2, 0.25) is 5.02 Å². The molecule has 3 aromatic rings. The first-order chi connectivity index (χ1) is 10.1. The van der Waals surface area contributed by atoms with Crippen LogP contribution in [0.3, 0.4) is 0 Å². The van der Waals surface area contributed by atoms with E-state index in [0.717, 1.165) is 5.56 Å². The van der Waals surface area contributed by atoms with E-state index in [1.54, 1.807) is 31.3 Å². The number of fused-ring (bicyclic) bond motifs is 1. The van der Waals surface area contributed by atoms with Gasteiger partial charge in [0, 0.05) is 24.1 Å². The molecule has 0 radical (unpaired) electrons. The largest absolute Gasteiger partial charge is 0.419 e. The number of oxazole rings is 1. The van der Waals surface area contributed by atoms with Crippen LogP contribution >= 0.6 is 11.6 Å². The number of aryl methyl sites for hydroxylation is 1. The summed E-state index contributed by atoms with van der Waals surface area (Å²) in [6, 6.07) is 12.2. The van der Waals surface area contributed by atoms with E-state index >= 15 is 0 Å². The number of carbonyl (C=O) groups is 1. The van der Waals surface area contributed by atoms with Crippen LogP contribution in [0.15, 0.2) is 51.7 Å². The molecule has 0 saturated carbocycles. The molecule has 106 valence electrons. The number of nitrogens with zero attached hydrogens (tertiary/aromatic N) is 1. The Hall–Kier alpha value is -2.33. The molecule has 0 aliphatic heterocycles. The summed E-state index contributed by atoms with van der Waals surface area (Å²) in [6.07, 6.45) is 0.211. The van der Waals surface area contributed by atoms with Crippen LogP contribution in [-0.4, -0.2) is 10.4 Å². The first-order valence-electron chi connectivity index (χ1n) is 6.42. The standard InChI is InChI=1S/C16H12ClNO3/c1-18-13-7-6-11(9-15(13)21-16(18)20)14(19)8-10-4-2-3-5-12(10)17/h2-7,9H,8H2,1H3. The van der Waals surface area contributed by atoms with E-state index in [4.69, 9.17) is 16.0 Å². The molecule has 1 heterocycles. The van der Waals surface area contributed by atoms with Crippen molar-refractivity contribution in [3.05, 3.63) is 69.2 Å². The van der Waals surface area contributed by atoms with Crippen molar-refractivity contribution in [2.24, 2.45) is 7.05 Å². The van der Waals surface area contributed by atoms with Crippen LogP contribution in [-0.2, 0) is 13.5 Å². The van der Waals surface area contributed by atoms with Gasteiger partial charge in [0.1, 0.15) is 0 Å². The lowest BCUT2D eigenvalue weighted by molar-refractivity contribution is 0.0993. The van der Waals surface area contributed by atoms with Crippen molar-refractivity contribution in [2.75, 3.05) is 0 Å². The Labute approximate surface area is 125 Å². The molecule has 4 nitrogen and oxygen atoms in total. The number of hydrogen-bond donors (Lipinski definition) is 0. The quantitative estimate of drug-likeness (QED) is 0.698. The molecular weight excluding hydrogens is 290 g/mol. The Balaban J connectivity index is 1.95. The second kappa shape index (κ2) is 5.22. The molecule has 0 N–H and O–H groups in total. The number of hydrogen-bond acceptors (Lipinski definition) is 3. The normalized spacial score (nSPS) is 11.0. The number of rotatable bonds is 3. The fourth-order valence-electron chi connectivity index (χ4n) is 2.22. The topological polar surface area (TPSA) is 52.2 Å². The van der Waals surface area contributed by atoms with Gasteiger partial charge in [0.25, 0.3) is 0 Å². The maximum atomic E-state index is 12.3. The Morgan fingerprint density at radius 2 is 2.00 bits per heavy atom. The summed E-state index contributed by atoms with van der Waals surface area (Å²) in [5, 5.41) is 0.568. The van der Waals surface area contributed by atoms with Gasteiger partial charge in [-0.05, 0) is 29.8 Å². The van der Waals surface area contributed by atoms with Crippen molar-refractivity contribution in [1.29, 1.82) is 0 Å². The molecular formula is C16H12ClNO3. The van der Waals surface area contributed by atoms with Gasteiger partial charge in [-0.15, -0.1) is 0 Å². The average Bonchev–Trinajstić information content (AvgIpc) is 2.76. The Morgan fingerprint density at radius 3 is 2.76 bits per heavy atom. The average molecular weight is 302 g/mol. The summed E-state index contributed by atoms with van der Waals surface area (Å²) in [6.45, 7) is 0. The Kier molecular flexibility index (Phi) is 3.39. The van der Waals surface area contributed by atoms with Crippen molar-refractivity contribution in [2.45, 2.75) is 6.42 Å². The number of ketones is 1. The van der Waals surface area contributed by atoms with Crippen LogP contribution in [0.5, 0.6) is 0 Å². The van der Waals surface area contributed by atoms with Crippen molar-refractivity contribution in [3.63, 3.8) is 0 Å². The van der Waals surface area contributed by atoms with Gasteiger partial charge >= 0.3 is 5.76 Å². The molecule has 0 atom stereocenters. The van der Waals surface area contributed by atoms with Crippen molar-refractivity contribution in [1.82, 2.24) is 4.57 Å². The molecule has 5 heteroatoms. The highest BCUT2D eigenvalue weighted by atomic mass is 35.5. The number of aromatic nitrogens is 1. The summed E-state index contributed by atoms with van der Waals surface area (Å²) in [7, 11) is 1.62. The minimum absolute atomic E-state index is 0.0727. The lowest BCUT2D eigenvalue weighted by atomic mass is 10.0. The lowest BCUT2D eigenvalue weighted by Crippen LogP contribution is -2.08. The van der Waals surface area contributed by atoms with Crippen LogP contribution in [0.25, 0.3) is 11.1 Å². The molecule has 0 bridgehead atoms. The minimum atomic E-state index is -0.444. The van der Waals surface area contributed by atoms with E-state index < -0.39 is 5.76 Å². The van der Waals surface area contributed by atoms with Gasteiger partial charge in [-0.25, -0.2) is 4.79 Å². The summed E-state index contributed by atoms with van der Waals surface area (Å²) in [5.41, 5.74) is 2.34. The highest BCUT2D eigenvalue weighted by Crippen LogP contribution is 2.19. The van der Waals surface area contributed by atoms with Crippen molar-refractivity contribution in [3.8, 4) is 0 Å². The third-order valence-corrected chi connectivity index (χ3v) is 3.79. The van der Waals surface area contributed by atoms with E-state index in [1.807, 2.05) is 18.2 Å². The summed E-state index contributed by atoms with van der Waals surface area (Å²) in [5.74, 6) is -0.516. The van der Waals surface area contributed by atoms with E-state index in [2.05, 4.69) is 0 Å². The molecule has 0 unspecified atom stereocenters. The van der Waals surface area contributed by atoms with Gasteiger partial charge in [-0.3, -0.25) is 9.36 Å². The zero-order valence-electron chi connectivity index (χ0n) is 11.3. The third kappa shape index (κ3) is 2.50. The SMILES string of the molecule is Cn1c(=O)oc2cc(C(=O)Cc3ccccc3Cl)ccc21. The second-order valence-electron chi connectivity index (χ2n) is 4.80. The predicted octanol–water partition coefficient (Wildman–Crippen LogP) is 3.21. The number of halogens is 1. The van der Waals surface area contributed by atoms with E-state index in [1.165, 1.54) is 4.57 Å². The minimum Gasteiger partial charge on any atom is -0.408 e. The lowest BCUT2D eigenvalue weighted by Gasteiger charge is -2.03. The first-order valence-corrected chi connectivity index (χ1v) is 6.80. The van der Waals surface area contributed by atoms with Crippen molar-refractivity contribution >= 4 is 28.5 Å². The number of carbonyl (C=O) groups excluding carboxylic acids is 1. The predicted molar refractivity (Wildman–Crippen MR) is 80.9 cm³/mol. The molecule has 0 spiro atoms. The molecule has 2 aromatic carbocycles. The van der Waals surface area contributed by atoms with Gasteiger partial charge in [0.05, 0.1) is 5.52 Å². The third-order valence-electron chi connectivity index (χ3n) is 3.42. The Morgan fingerprint density at radius 1 is 1.24 bits per heavy atom. The molecule has 21 heavy (non-hydrogen) atoms. The summed E-state index contributed by atoms with van der Waals surface area (Å²) < 4.78 is 6.49. The van der Waals surface area contributed by atoms with Gasteiger partial charge in [0.2, 0.25) is 0 Å². The van der Waals surface area contributed by atoms with Crippen LogP contribution in [0.4, 0.5) is 0 Å². The maximum Gasteiger partial charge on any atom is 0.419 e. The van der Waals surface area contributed by atoms with Crippen LogP contribution in [0.1, 0.15) is 15.9 Å². The highest BCUT2D eigenvalue weighted by molar-refractivity contribution is 6.31. The summed E-state index contributed by atoms with van der Waals surface area (Å²) in [4.78, 5) is 23.8. The Bertz CT molecular complexity index is 892. The van der Waals surface area contributed by atoms with Gasteiger partial charge in [0.15, 0.2) is 11.4 Å². The number of benzene rings is 2. The van der Waals surface area contributed by atoms with E-state index in [0.29, 0.717) is 21.7 Å². The molecule has 0 aliphatic rings. The number of Topliss-reactive ketones (excluding diaryl/α,β-unsaturated/α-hetero) is 1. The second-order valence-corrected chi connectivity index (χ2v) is 5.21. The molecule has 0 aliphatic carbocycles. The molecule has 1 aromatic heterocycles. The monoisotopic (exact) mass is 301 g/mol. The van der Waals surface area contributed by atoms with Gasteiger partial charge < -0.3 is 4.42 Å². The fraction of sp³-hybridized carbons (Fsp3) is 0.125. The van der Waals surface area contributed by atoms with Crippen molar-refractivity contribution < 1.29 is 9.21 Å². The van der Waals surface area contributed by atoms with Gasteiger partial charge in [-0.2, -0.15) is 0 Å². The zero-order chi connectivity index (χ0) is 15.0. The summed E-state index contributed by atoms with van der Waals surface area (Å²) >= 11 is 6.06. The van der Waals surface area contributed by atoms with E-state index in [9.17, 15) is 9.59 Å².